The minimum absolute atomic E-state index is 0.0176. The van der Waals surface area contributed by atoms with E-state index in [2.05, 4.69) is 0 Å². The summed E-state index contributed by atoms with van der Waals surface area (Å²) in [5, 5.41) is 0.500. The summed E-state index contributed by atoms with van der Waals surface area (Å²) in [6.07, 6.45) is 1.79. The highest BCUT2D eigenvalue weighted by Crippen LogP contribution is 2.11. The van der Waals surface area contributed by atoms with Gasteiger partial charge in [-0.05, 0) is 12.1 Å². The van der Waals surface area contributed by atoms with Crippen LogP contribution in [0.4, 0.5) is 0 Å². The van der Waals surface area contributed by atoms with Gasteiger partial charge in [-0.1, -0.05) is 23.2 Å². The maximum absolute atomic E-state index is 11.1. The van der Waals surface area contributed by atoms with Gasteiger partial charge in [0.1, 0.15) is 0 Å². The second-order valence-corrected chi connectivity index (χ2v) is 3.34. The van der Waals surface area contributed by atoms with Crippen LogP contribution in [0.25, 0.3) is 0 Å². The molecule has 2 nitrogen and oxygen atoms in total. The zero-order valence-electron chi connectivity index (χ0n) is 7.13. The molecule has 0 saturated carbocycles. The molecule has 0 amide bonds. The van der Waals surface area contributed by atoms with Crippen LogP contribution in [0.5, 0.6) is 0 Å². The number of hydrogen-bond acceptors (Lipinski definition) is 1. The summed E-state index contributed by atoms with van der Waals surface area (Å²) < 4.78 is 1.75. The van der Waals surface area contributed by atoms with Gasteiger partial charge in [-0.15, -0.1) is 0 Å². The number of halogens is 2. The summed E-state index contributed by atoms with van der Waals surface area (Å²) in [4.78, 5) is 11.1. The van der Waals surface area contributed by atoms with Crippen molar-refractivity contribution in [3.8, 4) is 0 Å². The third-order valence-electron chi connectivity index (χ3n) is 1.63. The number of rotatable bonds is 3. The molecule has 1 aromatic heterocycles. The number of aromatic nitrogens is 1. The van der Waals surface area contributed by atoms with E-state index < -0.39 is 0 Å². The molecule has 1 heterocycles. The molecule has 13 heavy (non-hydrogen) atoms. The first kappa shape index (κ1) is 10.4. The molecule has 0 saturated heterocycles. The average Bonchev–Trinajstić information content (AvgIpc) is 2.52. The number of carbonyl (C=O) groups excluding carboxylic acids is 1. The third kappa shape index (κ3) is 2.61. The molecular weight excluding hydrogens is 209 g/mol. The van der Waals surface area contributed by atoms with Gasteiger partial charge in [-0.2, -0.15) is 0 Å². The van der Waals surface area contributed by atoms with Crippen LogP contribution >= 0.6 is 23.2 Å². The lowest BCUT2D eigenvalue weighted by Gasteiger charge is -2.04. The number of allylic oxidation sites excluding steroid dienone is 1. The van der Waals surface area contributed by atoms with Crippen molar-refractivity contribution in [2.24, 2.45) is 0 Å². The van der Waals surface area contributed by atoms with E-state index >= 15 is 0 Å². The molecule has 1 aromatic rings. The highest BCUT2D eigenvalue weighted by atomic mass is 35.5. The monoisotopic (exact) mass is 217 g/mol. The fraction of sp³-hybridized carbons (Fsp3) is 0.222. The summed E-state index contributed by atoms with van der Waals surface area (Å²) in [6, 6.07) is 3.55. The van der Waals surface area contributed by atoms with Crippen LogP contribution in [0, 0.1) is 0 Å². The predicted octanol–water partition coefficient (Wildman–Crippen LogP) is 3.01. The first-order valence-corrected chi connectivity index (χ1v) is 4.57. The maximum atomic E-state index is 11.1. The second kappa shape index (κ2) is 4.49. The summed E-state index contributed by atoms with van der Waals surface area (Å²) in [5.41, 5.74) is 1.93. The largest absolute Gasteiger partial charge is 0.340 e. The molecule has 0 N–H and O–H groups in total. The van der Waals surface area contributed by atoms with Crippen molar-refractivity contribution in [1.29, 1.82) is 0 Å². The van der Waals surface area contributed by atoms with Crippen molar-refractivity contribution in [2.75, 3.05) is 0 Å². The fourth-order valence-corrected chi connectivity index (χ4v) is 1.27. The standard InChI is InChI=1S/C9H9Cl2NO/c1-7(13)9-3-2-4-12(9)6-8(11)5-10/h2-5H,6H2,1H3/b8-5-. The molecule has 0 spiro atoms. The van der Waals surface area contributed by atoms with E-state index in [1.54, 1.807) is 22.9 Å². The van der Waals surface area contributed by atoms with Gasteiger partial charge in [0, 0.05) is 23.7 Å². The first-order chi connectivity index (χ1) is 6.15. The van der Waals surface area contributed by atoms with E-state index in [9.17, 15) is 4.79 Å². The van der Waals surface area contributed by atoms with E-state index in [-0.39, 0.29) is 5.78 Å². The Hall–Kier alpha value is -0.730. The molecule has 0 aliphatic heterocycles. The van der Waals surface area contributed by atoms with Gasteiger partial charge < -0.3 is 4.57 Å². The van der Waals surface area contributed by atoms with Crippen molar-refractivity contribution in [3.63, 3.8) is 0 Å². The van der Waals surface area contributed by atoms with Crippen molar-refractivity contribution in [1.82, 2.24) is 4.57 Å². The lowest BCUT2D eigenvalue weighted by atomic mass is 10.3. The fourth-order valence-electron chi connectivity index (χ4n) is 1.07. The van der Waals surface area contributed by atoms with E-state index in [0.717, 1.165) is 0 Å². The van der Waals surface area contributed by atoms with E-state index in [1.807, 2.05) is 0 Å². The number of nitrogens with zero attached hydrogens (tertiary/aromatic N) is 1. The molecule has 4 heteroatoms. The van der Waals surface area contributed by atoms with Gasteiger partial charge >= 0.3 is 0 Å². The Bertz CT molecular complexity index is 341. The van der Waals surface area contributed by atoms with Crippen molar-refractivity contribution in [2.45, 2.75) is 13.5 Å². The average molecular weight is 218 g/mol. The first-order valence-electron chi connectivity index (χ1n) is 3.76. The lowest BCUT2D eigenvalue weighted by Crippen LogP contribution is -2.05. The summed E-state index contributed by atoms with van der Waals surface area (Å²) in [6.45, 7) is 1.96. The van der Waals surface area contributed by atoms with Crippen LogP contribution < -0.4 is 0 Å². The minimum Gasteiger partial charge on any atom is -0.340 e. The van der Waals surface area contributed by atoms with E-state index in [1.165, 1.54) is 12.5 Å². The number of ketones is 1. The van der Waals surface area contributed by atoms with Gasteiger partial charge in [0.15, 0.2) is 5.78 Å². The van der Waals surface area contributed by atoms with Crippen LogP contribution in [0.15, 0.2) is 28.9 Å². The van der Waals surface area contributed by atoms with Crippen LogP contribution in [-0.4, -0.2) is 10.4 Å². The Morgan fingerprint density at radius 3 is 2.92 bits per heavy atom. The zero-order valence-corrected chi connectivity index (χ0v) is 8.64. The minimum atomic E-state index is 0.0176. The van der Waals surface area contributed by atoms with Crippen LogP contribution in [0.3, 0.4) is 0 Å². The number of hydrogen-bond donors (Lipinski definition) is 0. The zero-order chi connectivity index (χ0) is 9.84. The summed E-state index contributed by atoms with van der Waals surface area (Å²) in [7, 11) is 0. The van der Waals surface area contributed by atoms with Crippen LogP contribution in [0.1, 0.15) is 17.4 Å². The Kier molecular flexibility index (Phi) is 3.58. The van der Waals surface area contributed by atoms with Crippen molar-refractivity contribution < 1.29 is 4.79 Å². The normalized spacial score (nSPS) is 11.8. The van der Waals surface area contributed by atoms with Crippen molar-refractivity contribution >= 4 is 29.0 Å². The predicted molar refractivity (Wildman–Crippen MR) is 54.2 cm³/mol. The van der Waals surface area contributed by atoms with Gasteiger partial charge in [-0.25, -0.2) is 0 Å². The molecule has 0 fully saturated rings. The molecule has 1 rings (SSSR count). The molecule has 0 atom stereocenters. The van der Waals surface area contributed by atoms with Gasteiger partial charge in [-0.3, -0.25) is 4.79 Å². The molecule has 0 aromatic carbocycles. The Morgan fingerprint density at radius 2 is 2.38 bits per heavy atom. The lowest BCUT2D eigenvalue weighted by molar-refractivity contribution is 0.100. The third-order valence-corrected chi connectivity index (χ3v) is 2.23. The maximum Gasteiger partial charge on any atom is 0.176 e. The molecule has 0 aliphatic rings. The van der Waals surface area contributed by atoms with Crippen LogP contribution in [0.2, 0.25) is 0 Å². The Morgan fingerprint density at radius 1 is 1.69 bits per heavy atom. The highest BCUT2D eigenvalue weighted by Gasteiger charge is 2.05. The van der Waals surface area contributed by atoms with Gasteiger partial charge in [0.25, 0.3) is 0 Å². The van der Waals surface area contributed by atoms with Crippen LogP contribution in [-0.2, 0) is 6.54 Å². The SMILES string of the molecule is CC(=O)c1cccn1C/C(Cl)=C/Cl. The molecule has 0 bridgehead atoms. The quantitative estimate of drug-likeness (QED) is 0.714. The summed E-state index contributed by atoms with van der Waals surface area (Å²) >= 11 is 11.1. The summed E-state index contributed by atoms with van der Waals surface area (Å²) in [5.74, 6) is 0.0176. The molecule has 0 unspecified atom stereocenters. The second-order valence-electron chi connectivity index (χ2n) is 2.63. The Balaban J connectivity index is 2.89. The molecule has 70 valence electrons. The van der Waals surface area contributed by atoms with E-state index in [4.69, 9.17) is 23.2 Å². The molecule has 0 radical (unpaired) electrons. The topological polar surface area (TPSA) is 22.0 Å². The van der Waals surface area contributed by atoms with E-state index in [0.29, 0.717) is 17.3 Å². The smallest absolute Gasteiger partial charge is 0.176 e. The number of carbonyl (C=O) groups is 1. The highest BCUT2D eigenvalue weighted by molar-refractivity contribution is 6.36. The van der Waals surface area contributed by atoms with Gasteiger partial charge in [0.05, 0.1) is 12.2 Å². The molecule has 0 aliphatic carbocycles. The van der Waals surface area contributed by atoms with Crippen molar-refractivity contribution in [3.05, 3.63) is 34.6 Å². The Labute approximate surface area is 86.8 Å². The number of Topliss-reactive ketones (excluding diaryl/α,β-unsaturated/α-hetero) is 1. The molecular formula is C9H9Cl2NO. The van der Waals surface area contributed by atoms with Gasteiger partial charge in [0.2, 0.25) is 0 Å².